The van der Waals surface area contributed by atoms with Gasteiger partial charge >= 0.3 is 0 Å². The van der Waals surface area contributed by atoms with Crippen molar-refractivity contribution in [1.82, 2.24) is 15.6 Å². The summed E-state index contributed by atoms with van der Waals surface area (Å²) in [6.45, 7) is 5.01. The standard InChI is InChI=1S/C20H27N3O3S/c1-20(6-8-21-9-7-20)13-22-18(24)11-15-12-27-19(23-15)14-4-5-16(25-2)17(10-14)26-3/h4-5,10,12,21H,6-9,11,13H2,1-3H3,(H,22,24). The molecule has 1 saturated heterocycles. The molecule has 1 amide bonds. The third-order valence-corrected chi connectivity index (χ3v) is 5.99. The highest BCUT2D eigenvalue weighted by Crippen LogP contribution is 2.33. The zero-order valence-electron chi connectivity index (χ0n) is 16.1. The topological polar surface area (TPSA) is 72.5 Å². The van der Waals surface area contributed by atoms with Crippen LogP contribution in [-0.2, 0) is 11.2 Å². The smallest absolute Gasteiger partial charge is 0.226 e. The Labute approximate surface area is 164 Å². The second kappa shape index (κ2) is 8.71. The van der Waals surface area contributed by atoms with Gasteiger partial charge in [-0.15, -0.1) is 11.3 Å². The number of hydrogen-bond acceptors (Lipinski definition) is 6. The number of methoxy groups -OCH3 is 2. The summed E-state index contributed by atoms with van der Waals surface area (Å²) >= 11 is 1.53. The lowest BCUT2D eigenvalue weighted by atomic mass is 9.81. The van der Waals surface area contributed by atoms with E-state index < -0.39 is 0 Å². The van der Waals surface area contributed by atoms with Crippen LogP contribution < -0.4 is 20.1 Å². The first-order valence-corrected chi connectivity index (χ1v) is 10.1. The number of ether oxygens (including phenoxy) is 2. The normalized spacial score (nSPS) is 16.0. The van der Waals surface area contributed by atoms with Crippen LogP contribution in [0.25, 0.3) is 10.6 Å². The molecule has 0 radical (unpaired) electrons. The van der Waals surface area contributed by atoms with Crippen molar-refractivity contribution in [2.45, 2.75) is 26.2 Å². The van der Waals surface area contributed by atoms with Crippen LogP contribution in [0.5, 0.6) is 11.5 Å². The van der Waals surface area contributed by atoms with Gasteiger partial charge in [0.2, 0.25) is 5.91 Å². The second-order valence-electron chi connectivity index (χ2n) is 7.23. The van der Waals surface area contributed by atoms with Crippen molar-refractivity contribution >= 4 is 17.2 Å². The first-order valence-electron chi connectivity index (χ1n) is 9.17. The summed E-state index contributed by atoms with van der Waals surface area (Å²) in [6, 6.07) is 5.71. The Bertz CT molecular complexity index is 785. The first kappa shape index (κ1) is 19.6. The van der Waals surface area contributed by atoms with Gasteiger partial charge in [-0.3, -0.25) is 4.79 Å². The van der Waals surface area contributed by atoms with Crippen LogP contribution in [0.3, 0.4) is 0 Å². The Kier molecular flexibility index (Phi) is 6.34. The summed E-state index contributed by atoms with van der Waals surface area (Å²) in [5.74, 6) is 1.38. The lowest BCUT2D eigenvalue weighted by Gasteiger charge is -2.34. The molecule has 7 heteroatoms. The third kappa shape index (κ3) is 4.99. The van der Waals surface area contributed by atoms with Gasteiger partial charge in [-0.1, -0.05) is 6.92 Å². The van der Waals surface area contributed by atoms with Crippen LogP contribution >= 0.6 is 11.3 Å². The Morgan fingerprint density at radius 1 is 1.26 bits per heavy atom. The molecule has 3 rings (SSSR count). The zero-order chi connectivity index (χ0) is 19.3. The van der Waals surface area contributed by atoms with Crippen molar-refractivity contribution in [3.05, 3.63) is 29.3 Å². The fraction of sp³-hybridized carbons (Fsp3) is 0.500. The van der Waals surface area contributed by atoms with E-state index in [1.165, 1.54) is 11.3 Å². The maximum atomic E-state index is 12.3. The predicted molar refractivity (Wildman–Crippen MR) is 108 cm³/mol. The number of nitrogens with one attached hydrogen (secondary N) is 2. The van der Waals surface area contributed by atoms with Crippen LogP contribution in [0, 0.1) is 5.41 Å². The van der Waals surface area contributed by atoms with Crippen molar-refractivity contribution in [3.63, 3.8) is 0 Å². The number of thiazole rings is 1. The van der Waals surface area contributed by atoms with Gasteiger partial charge in [0.25, 0.3) is 0 Å². The highest BCUT2D eigenvalue weighted by atomic mass is 32.1. The quantitative estimate of drug-likeness (QED) is 0.762. The molecule has 1 aromatic heterocycles. The van der Waals surface area contributed by atoms with Crippen molar-refractivity contribution in [2.75, 3.05) is 33.9 Å². The van der Waals surface area contributed by atoms with Crippen LogP contribution in [0.4, 0.5) is 0 Å². The van der Waals surface area contributed by atoms with Gasteiger partial charge in [0.1, 0.15) is 5.01 Å². The van der Waals surface area contributed by atoms with Gasteiger partial charge in [-0.25, -0.2) is 4.98 Å². The predicted octanol–water partition coefficient (Wildman–Crippen LogP) is 2.88. The monoisotopic (exact) mass is 389 g/mol. The summed E-state index contributed by atoms with van der Waals surface area (Å²) < 4.78 is 10.6. The molecule has 1 aliphatic rings. The molecule has 0 unspecified atom stereocenters. The number of piperidine rings is 1. The number of rotatable bonds is 7. The summed E-state index contributed by atoms with van der Waals surface area (Å²) in [6.07, 6.45) is 2.49. The summed E-state index contributed by atoms with van der Waals surface area (Å²) in [4.78, 5) is 16.9. The minimum atomic E-state index is 0.0268. The first-order chi connectivity index (χ1) is 13.0. The van der Waals surface area contributed by atoms with E-state index in [0.29, 0.717) is 17.9 Å². The molecule has 0 spiro atoms. The van der Waals surface area contributed by atoms with Crippen LogP contribution in [0.1, 0.15) is 25.5 Å². The van der Waals surface area contributed by atoms with Crippen LogP contribution in [0.2, 0.25) is 0 Å². The average Bonchev–Trinajstić information content (AvgIpc) is 3.15. The lowest BCUT2D eigenvalue weighted by molar-refractivity contribution is -0.121. The molecular weight excluding hydrogens is 362 g/mol. The molecule has 2 aromatic rings. The van der Waals surface area contributed by atoms with E-state index in [9.17, 15) is 4.79 Å². The number of amides is 1. The molecule has 1 aliphatic heterocycles. The molecule has 2 heterocycles. The minimum Gasteiger partial charge on any atom is -0.493 e. The molecule has 0 saturated carbocycles. The minimum absolute atomic E-state index is 0.0268. The Morgan fingerprint density at radius 2 is 2.00 bits per heavy atom. The number of nitrogens with zero attached hydrogens (tertiary/aromatic N) is 1. The number of benzene rings is 1. The van der Waals surface area contributed by atoms with Gasteiger partial charge in [0.15, 0.2) is 11.5 Å². The third-order valence-electron chi connectivity index (χ3n) is 5.05. The van der Waals surface area contributed by atoms with Crippen molar-refractivity contribution < 1.29 is 14.3 Å². The zero-order valence-corrected chi connectivity index (χ0v) is 16.9. The largest absolute Gasteiger partial charge is 0.493 e. The van der Waals surface area contributed by atoms with Crippen molar-refractivity contribution in [1.29, 1.82) is 0 Å². The second-order valence-corrected chi connectivity index (χ2v) is 8.09. The molecule has 0 bridgehead atoms. The SMILES string of the molecule is COc1ccc(-c2nc(CC(=O)NCC3(C)CCNCC3)cs2)cc1OC. The number of hydrogen-bond donors (Lipinski definition) is 2. The van der Waals surface area contributed by atoms with Crippen LogP contribution in [-0.4, -0.2) is 44.7 Å². The van der Waals surface area contributed by atoms with E-state index in [0.717, 1.165) is 48.7 Å². The average molecular weight is 390 g/mol. The van der Waals surface area contributed by atoms with E-state index in [1.54, 1.807) is 14.2 Å². The van der Waals surface area contributed by atoms with Gasteiger partial charge in [-0.2, -0.15) is 0 Å². The summed E-state index contributed by atoms with van der Waals surface area (Å²) in [5, 5.41) is 9.26. The molecule has 27 heavy (non-hydrogen) atoms. The number of aromatic nitrogens is 1. The van der Waals surface area contributed by atoms with Gasteiger partial charge in [-0.05, 0) is 49.5 Å². The molecular formula is C20H27N3O3S. The molecule has 146 valence electrons. The van der Waals surface area contributed by atoms with Crippen molar-refractivity contribution in [2.24, 2.45) is 5.41 Å². The fourth-order valence-electron chi connectivity index (χ4n) is 3.24. The molecule has 1 aromatic carbocycles. The highest BCUT2D eigenvalue weighted by Gasteiger charge is 2.27. The maximum absolute atomic E-state index is 12.3. The molecule has 1 fully saturated rings. The van der Waals surface area contributed by atoms with Gasteiger partial charge in [0, 0.05) is 17.5 Å². The Hall–Kier alpha value is -2.12. The maximum Gasteiger partial charge on any atom is 0.226 e. The van der Waals surface area contributed by atoms with E-state index in [-0.39, 0.29) is 11.3 Å². The van der Waals surface area contributed by atoms with Crippen molar-refractivity contribution in [3.8, 4) is 22.1 Å². The van der Waals surface area contributed by atoms with E-state index in [1.807, 2.05) is 23.6 Å². The highest BCUT2D eigenvalue weighted by molar-refractivity contribution is 7.13. The Morgan fingerprint density at radius 3 is 2.70 bits per heavy atom. The summed E-state index contributed by atoms with van der Waals surface area (Å²) in [5.41, 5.74) is 1.93. The number of carbonyl (C=O) groups is 1. The van der Waals surface area contributed by atoms with E-state index in [2.05, 4.69) is 22.5 Å². The molecule has 6 nitrogen and oxygen atoms in total. The molecule has 0 aliphatic carbocycles. The van der Waals surface area contributed by atoms with E-state index >= 15 is 0 Å². The Balaban J connectivity index is 1.60. The molecule has 0 atom stereocenters. The van der Waals surface area contributed by atoms with Crippen LogP contribution in [0.15, 0.2) is 23.6 Å². The van der Waals surface area contributed by atoms with Gasteiger partial charge < -0.3 is 20.1 Å². The van der Waals surface area contributed by atoms with E-state index in [4.69, 9.17) is 9.47 Å². The summed E-state index contributed by atoms with van der Waals surface area (Å²) in [7, 11) is 3.23. The van der Waals surface area contributed by atoms with Gasteiger partial charge in [0.05, 0.1) is 26.3 Å². The lowest BCUT2D eigenvalue weighted by Crippen LogP contribution is -2.43. The fourth-order valence-corrected chi connectivity index (χ4v) is 4.05. The number of carbonyl (C=O) groups excluding carboxylic acids is 1. The molecule has 2 N–H and O–H groups in total.